The van der Waals surface area contributed by atoms with Gasteiger partial charge in [0, 0.05) is 11.9 Å². The van der Waals surface area contributed by atoms with Crippen molar-refractivity contribution in [2.45, 2.75) is 19.3 Å². The first-order chi connectivity index (χ1) is 5.64. The van der Waals surface area contributed by atoms with Gasteiger partial charge in [0.2, 0.25) is 10.0 Å². The molecule has 1 saturated carbocycles. The second kappa shape index (κ2) is 4.58. The maximum absolute atomic E-state index is 11.2. The molecule has 0 amide bonds. The molecule has 1 fully saturated rings. The summed E-state index contributed by atoms with van der Waals surface area (Å²) in [5.74, 6) is 0.765. The van der Waals surface area contributed by atoms with E-state index in [2.05, 4.69) is 20.7 Å². The van der Waals surface area contributed by atoms with Crippen LogP contribution in [0.1, 0.15) is 19.3 Å². The summed E-state index contributed by atoms with van der Waals surface area (Å²) in [5.41, 5.74) is 0. The lowest BCUT2D eigenvalue weighted by Crippen LogP contribution is -2.28. The SMILES string of the molecule is O=S(=O)(CC1CC1)NCCCBr. The van der Waals surface area contributed by atoms with Gasteiger partial charge in [0.15, 0.2) is 0 Å². The van der Waals surface area contributed by atoms with E-state index in [1.807, 2.05) is 0 Å². The number of nitrogens with one attached hydrogen (secondary N) is 1. The number of alkyl halides is 1. The molecule has 0 heterocycles. The molecule has 0 unspecified atom stereocenters. The molecule has 1 N–H and O–H groups in total. The van der Waals surface area contributed by atoms with Crippen molar-refractivity contribution in [3.05, 3.63) is 0 Å². The van der Waals surface area contributed by atoms with Crippen LogP contribution in [0.5, 0.6) is 0 Å². The molecule has 0 atom stereocenters. The Hall–Kier alpha value is 0.390. The lowest BCUT2D eigenvalue weighted by atomic mass is 10.5. The normalized spacial score (nSPS) is 18.1. The summed E-state index contributed by atoms with van der Waals surface area (Å²) in [5, 5.41) is 0.846. The topological polar surface area (TPSA) is 46.2 Å². The molecule has 1 aliphatic carbocycles. The van der Waals surface area contributed by atoms with Crippen molar-refractivity contribution in [3.63, 3.8) is 0 Å². The second-order valence-corrected chi connectivity index (χ2v) is 5.81. The highest BCUT2D eigenvalue weighted by Crippen LogP contribution is 2.29. The summed E-state index contributed by atoms with van der Waals surface area (Å²) in [6.45, 7) is 0.556. The zero-order valence-corrected chi connectivity index (χ0v) is 9.33. The summed E-state index contributed by atoms with van der Waals surface area (Å²) in [7, 11) is -2.96. The van der Waals surface area contributed by atoms with Crippen LogP contribution in [0.3, 0.4) is 0 Å². The van der Waals surface area contributed by atoms with Gasteiger partial charge in [0.1, 0.15) is 0 Å². The fraction of sp³-hybridized carbons (Fsp3) is 1.00. The average molecular weight is 256 g/mol. The van der Waals surface area contributed by atoms with Crippen LogP contribution in [0.25, 0.3) is 0 Å². The van der Waals surface area contributed by atoms with Crippen molar-refractivity contribution >= 4 is 26.0 Å². The molecule has 1 rings (SSSR count). The van der Waals surface area contributed by atoms with Crippen LogP contribution in [-0.2, 0) is 10.0 Å². The third kappa shape index (κ3) is 4.42. The molecule has 0 saturated heterocycles. The zero-order valence-electron chi connectivity index (χ0n) is 6.92. The molecule has 0 aromatic rings. The number of halogens is 1. The molecule has 0 aliphatic heterocycles. The molecule has 0 aromatic carbocycles. The lowest BCUT2D eigenvalue weighted by Gasteiger charge is -2.03. The number of rotatable bonds is 6. The van der Waals surface area contributed by atoms with E-state index < -0.39 is 10.0 Å². The van der Waals surface area contributed by atoms with E-state index in [9.17, 15) is 8.42 Å². The van der Waals surface area contributed by atoms with Crippen LogP contribution in [-0.4, -0.2) is 26.0 Å². The van der Waals surface area contributed by atoms with E-state index in [4.69, 9.17) is 0 Å². The molecule has 1 aliphatic rings. The van der Waals surface area contributed by atoms with Crippen LogP contribution in [0, 0.1) is 5.92 Å². The highest BCUT2D eigenvalue weighted by Gasteiger charge is 2.27. The highest BCUT2D eigenvalue weighted by molar-refractivity contribution is 9.09. The van der Waals surface area contributed by atoms with Crippen molar-refractivity contribution < 1.29 is 8.42 Å². The summed E-state index contributed by atoms with van der Waals surface area (Å²) in [4.78, 5) is 0. The van der Waals surface area contributed by atoms with E-state index >= 15 is 0 Å². The summed E-state index contributed by atoms with van der Waals surface area (Å²) >= 11 is 3.25. The van der Waals surface area contributed by atoms with Gasteiger partial charge in [-0.3, -0.25) is 0 Å². The minimum absolute atomic E-state index is 0.329. The van der Waals surface area contributed by atoms with E-state index in [0.717, 1.165) is 24.6 Å². The Kier molecular flexibility index (Phi) is 3.99. The Morgan fingerprint density at radius 3 is 2.58 bits per heavy atom. The molecular weight excluding hydrogens is 242 g/mol. The number of sulfonamides is 1. The predicted octanol–water partition coefficient (Wildman–Crippen LogP) is 1.10. The first kappa shape index (κ1) is 10.5. The predicted molar refractivity (Wildman–Crippen MR) is 52.9 cm³/mol. The Bertz CT molecular complexity index is 224. The van der Waals surface area contributed by atoms with E-state index in [1.54, 1.807) is 0 Å². The molecule has 0 bridgehead atoms. The zero-order chi connectivity index (χ0) is 9.03. The molecule has 0 radical (unpaired) electrons. The average Bonchev–Trinajstić information content (AvgIpc) is 2.71. The van der Waals surface area contributed by atoms with Crippen molar-refractivity contribution in [1.29, 1.82) is 0 Å². The van der Waals surface area contributed by atoms with E-state index in [-0.39, 0.29) is 0 Å². The van der Waals surface area contributed by atoms with Gasteiger partial charge in [-0.05, 0) is 25.2 Å². The fourth-order valence-corrected chi connectivity index (χ4v) is 2.76. The molecule has 0 spiro atoms. The minimum Gasteiger partial charge on any atom is -0.215 e. The van der Waals surface area contributed by atoms with Gasteiger partial charge in [0.25, 0.3) is 0 Å². The quantitative estimate of drug-likeness (QED) is 0.571. The maximum Gasteiger partial charge on any atom is 0.211 e. The van der Waals surface area contributed by atoms with Gasteiger partial charge < -0.3 is 0 Å². The Morgan fingerprint density at radius 2 is 2.08 bits per heavy atom. The highest BCUT2D eigenvalue weighted by atomic mass is 79.9. The third-order valence-corrected chi connectivity index (χ3v) is 3.90. The minimum atomic E-state index is -2.96. The van der Waals surface area contributed by atoms with Crippen LogP contribution >= 0.6 is 15.9 Å². The van der Waals surface area contributed by atoms with Crippen molar-refractivity contribution in [2.24, 2.45) is 5.92 Å². The summed E-state index contributed by atoms with van der Waals surface area (Å²) in [6.07, 6.45) is 3.02. The monoisotopic (exact) mass is 255 g/mol. The first-order valence-corrected chi connectivity index (χ1v) is 6.95. The van der Waals surface area contributed by atoms with E-state index in [1.165, 1.54) is 0 Å². The largest absolute Gasteiger partial charge is 0.215 e. The summed E-state index contributed by atoms with van der Waals surface area (Å²) in [6, 6.07) is 0. The van der Waals surface area contributed by atoms with Crippen LogP contribution in [0.4, 0.5) is 0 Å². The van der Waals surface area contributed by atoms with Gasteiger partial charge in [-0.25, -0.2) is 13.1 Å². The summed E-state index contributed by atoms with van der Waals surface area (Å²) < 4.78 is 25.0. The second-order valence-electron chi connectivity index (χ2n) is 3.16. The Balaban J connectivity index is 2.17. The van der Waals surface area contributed by atoms with E-state index in [0.29, 0.717) is 18.2 Å². The Labute approximate surface area is 82.1 Å². The lowest BCUT2D eigenvalue weighted by molar-refractivity contribution is 0.577. The van der Waals surface area contributed by atoms with Gasteiger partial charge in [0.05, 0.1) is 5.75 Å². The number of hydrogen-bond acceptors (Lipinski definition) is 2. The molecule has 12 heavy (non-hydrogen) atoms. The smallest absolute Gasteiger partial charge is 0.211 e. The Morgan fingerprint density at radius 1 is 1.42 bits per heavy atom. The molecule has 5 heteroatoms. The van der Waals surface area contributed by atoms with Gasteiger partial charge >= 0.3 is 0 Å². The van der Waals surface area contributed by atoms with Gasteiger partial charge in [-0.2, -0.15) is 0 Å². The third-order valence-electron chi connectivity index (χ3n) is 1.78. The van der Waals surface area contributed by atoms with Gasteiger partial charge in [-0.1, -0.05) is 15.9 Å². The standard InChI is InChI=1S/C7H14BrNO2S/c8-4-1-5-9-12(10,11)6-7-2-3-7/h7,9H,1-6H2. The fourth-order valence-electron chi connectivity index (χ4n) is 0.948. The maximum atomic E-state index is 11.2. The molecule has 0 aromatic heterocycles. The van der Waals surface area contributed by atoms with Crippen molar-refractivity contribution in [1.82, 2.24) is 4.72 Å². The van der Waals surface area contributed by atoms with Gasteiger partial charge in [-0.15, -0.1) is 0 Å². The van der Waals surface area contributed by atoms with Crippen molar-refractivity contribution in [3.8, 4) is 0 Å². The van der Waals surface area contributed by atoms with Crippen LogP contribution < -0.4 is 4.72 Å². The van der Waals surface area contributed by atoms with Crippen molar-refractivity contribution in [2.75, 3.05) is 17.6 Å². The molecular formula is C7H14BrNO2S. The van der Waals surface area contributed by atoms with Crippen LogP contribution in [0.15, 0.2) is 0 Å². The molecule has 72 valence electrons. The molecule has 3 nitrogen and oxygen atoms in total. The first-order valence-electron chi connectivity index (χ1n) is 4.17. The number of hydrogen-bond donors (Lipinski definition) is 1. The van der Waals surface area contributed by atoms with Crippen LogP contribution in [0.2, 0.25) is 0 Å².